The van der Waals surface area contributed by atoms with Crippen LogP contribution in [0.2, 0.25) is 0 Å². The lowest BCUT2D eigenvalue weighted by Gasteiger charge is -2.33. The number of aryl methyl sites for hydroxylation is 1. The fourth-order valence-corrected chi connectivity index (χ4v) is 5.23. The summed E-state index contributed by atoms with van der Waals surface area (Å²) in [7, 11) is 1.42. The van der Waals surface area contributed by atoms with Gasteiger partial charge in [-0.05, 0) is 65.9 Å². The van der Waals surface area contributed by atoms with E-state index >= 15 is 0 Å². The number of nitrogens with one attached hydrogen (secondary N) is 1. The van der Waals surface area contributed by atoms with Gasteiger partial charge in [0.05, 0.1) is 12.7 Å². The van der Waals surface area contributed by atoms with Gasteiger partial charge >= 0.3 is 5.97 Å². The zero-order chi connectivity index (χ0) is 24.4. The predicted molar refractivity (Wildman–Crippen MR) is 140 cm³/mol. The van der Waals surface area contributed by atoms with Crippen molar-refractivity contribution in [1.29, 1.82) is 0 Å². The molecule has 0 radical (unpaired) electrons. The minimum absolute atomic E-state index is 0.00872. The third-order valence-corrected chi connectivity index (χ3v) is 6.95. The van der Waals surface area contributed by atoms with E-state index in [0.717, 1.165) is 35.4 Å². The summed E-state index contributed by atoms with van der Waals surface area (Å²) in [5, 5.41) is 6.24. The van der Waals surface area contributed by atoms with E-state index in [0.29, 0.717) is 5.56 Å². The van der Waals surface area contributed by atoms with Crippen LogP contribution in [0.5, 0.6) is 5.75 Å². The van der Waals surface area contributed by atoms with Crippen molar-refractivity contribution in [2.45, 2.75) is 38.3 Å². The molecule has 0 saturated carbocycles. The number of methoxy groups -OCH3 is 1. The molecule has 1 N–H and O–H groups in total. The van der Waals surface area contributed by atoms with Gasteiger partial charge in [0.2, 0.25) is 0 Å². The number of para-hydroxylation sites is 1. The van der Waals surface area contributed by atoms with Crippen molar-refractivity contribution in [2.75, 3.05) is 13.7 Å². The normalized spacial score (nSPS) is 17.9. The van der Waals surface area contributed by atoms with Crippen LogP contribution < -0.4 is 10.1 Å². The zero-order valence-electron chi connectivity index (χ0n) is 20.5. The van der Waals surface area contributed by atoms with E-state index in [1.807, 2.05) is 37.3 Å². The van der Waals surface area contributed by atoms with E-state index in [-0.39, 0.29) is 24.0 Å². The molecule has 0 saturated heterocycles. The predicted octanol–water partition coefficient (Wildman–Crippen LogP) is 6.57. The molecule has 0 bridgehead atoms. The molecule has 4 heteroatoms. The highest BCUT2D eigenvalue weighted by Crippen LogP contribution is 2.41. The lowest BCUT2D eigenvalue weighted by atomic mass is 9.83. The summed E-state index contributed by atoms with van der Waals surface area (Å²) in [4.78, 5) is 12.3. The monoisotopic (exact) mass is 465 g/mol. The average Bonchev–Trinajstić information content (AvgIpc) is 2.90. The maximum absolute atomic E-state index is 12.3. The Bertz CT molecular complexity index is 1360. The van der Waals surface area contributed by atoms with Gasteiger partial charge in [-0.1, -0.05) is 66.7 Å². The molecule has 4 aromatic carbocycles. The van der Waals surface area contributed by atoms with Gasteiger partial charge in [-0.25, -0.2) is 4.79 Å². The lowest BCUT2D eigenvalue weighted by Crippen LogP contribution is -2.37. The molecule has 0 aliphatic carbocycles. The quantitative estimate of drug-likeness (QED) is 0.327. The highest BCUT2D eigenvalue weighted by atomic mass is 16.5. The van der Waals surface area contributed by atoms with Crippen LogP contribution in [0.1, 0.15) is 57.9 Å². The first-order valence-electron chi connectivity index (χ1n) is 12.2. The van der Waals surface area contributed by atoms with E-state index in [4.69, 9.17) is 9.47 Å². The Hall–Kier alpha value is -3.63. The van der Waals surface area contributed by atoms with Crippen LogP contribution in [0.4, 0.5) is 0 Å². The van der Waals surface area contributed by atoms with E-state index in [1.54, 1.807) is 0 Å². The second-order valence-corrected chi connectivity index (χ2v) is 9.39. The maximum atomic E-state index is 12.3. The number of rotatable bonds is 6. The molecule has 5 rings (SSSR count). The SMILES string of the molecule is COC(=O)c1cc(C)cc(C2CC(CN[C@H](C)c3cccc4ccccc34)Oc3ccccc32)c1. The third-order valence-electron chi connectivity index (χ3n) is 6.95. The molecule has 0 aromatic heterocycles. The first-order chi connectivity index (χ1) is 17.0. The van der Waals surface area contributed by atoms with Crippen molar-refractivity contribution in [2.24, 2.45) is 0 Å². The van der Waals surface area contributed by atoms with Gasteiger partial charge in [0, 0.05) is 24.1 Å². The molecule has 0 amide bonds. The van der Waals surface area contributed by atoms with Crippen molar-refractivity contribution in [3.05, 3.63) is 113 Å². The molecule has 2 unspecified atom stereocenters. The van der Waals surface area contributed by atoms with Crippen LogP contribution in [0.25, 0.3) is 10.8 Å². The van der Waals surface area contributed by atoms with Crippen molar-refractivity contribution < 1.29 is 14.3 Å². The number of benzene rings is 4. The minimum atomic E-state index is -0.308. The van der Waals surface area contributed by atoms with E-state index in [1.165, 1.54) is 23.4 Å². The number of fused-ring (bicyclic) bond motifs is 2. The Labute approximate surface area is 206 Å². The fraction of sp³-hybridized carbons (Fsp3) is 0.258. The topological polar surface area (TPSA) is 47.6 Å². The molecule has 0 fully saturated rings. The summed E-state index contributed by atoms with van der Waals surface area (Å²) in [6.07, 6.45) is 0.838. The second kappa shape index (κ2) is 9.93. The average molecular weight is 466 g/mol. The molecular weight excluding hydrogens is 434 g/mol. The Morgan fingerprint density at radius 3 is 2.66 bits per heavy atom. The number of hydrogen-bond acceptors (Lipinski definition) is 4. The Morgan fingerprint density at radius 1 is 1.03 bits per heavy atom. The molecular formula is C31H31NO3. The summed E-state index contributed by atoms with van der Waals surface area (Å²) >= 11 is 0. The Morgan fingerprint density at radius 2 is 1.80 bits per heavy atom. The van der Waals surface area contributed by atoms with Gasteiger partial charge in [-0.15, -0.1) is 0 Å². The van der Waals surface area contributed by atoms with Crippen LogP contribution in [-0.4, -0.2) is 25.7 Å². The van der Waals surface area contributed by atoms with Crippen molar-refractivity contribution >= 4 is 16.7 Å². The zero-order valence-corrected chi connectivity index (χ0v) is 20.5. The summed E-state index contributed by atoms with van der Waals surface area (Å²) in [5.74, 6) is 0.745. The van der Waals surface area contributed by atoms with Gasteiger partial charge in [-0.3, -0.25) is 0 Å². The molecule has 0 spiro atoms. The highest BCUT2D eigenvalue weighted by Gasteiger charge is 2.30. The highest BCUT2D eigenvalue weighted by molar-refractivity contribution is 5.90. The van der Waals surface area contributed by atoms with Gasteiger partial charge in [0.25, 0.3) is 0 Å². The maximum Gasteiger partial charge on any atom is 0.337 e. The van der Waals surface area contributed by atoms with Crippen LogP contribution in [0.3, 0.4) is 0 Å². The van der Waals surface area contributed by atoms with Crippen molar-refractivity contribution in [3.63, 3.8) is 0 Å². The standard InChI is InChI=1S/C31H31NO3/c1-20-15-23(17-24(16-20)31(33)34-3)29-18-25(35-30-14-7-6-12-28(29)30)19-32-21(2)26-13-8-10-22-9-4-5-11-27(22)26/h4-17,21,25,29,32H,18-19H2,1-3H3/t21-,25?,29?/m1/s1. The van der Waals surface area contributed by atoms with Gasteiger partial charge in [-0.2, -0.15) is 0 Å². The lowest BCUT2D eigenvalue weighted by molar-refractivity contribution is 0.0600. The second-order valence-electron chi connectivity index (χ2n) is 9.39. The number of carbonyl (C=O) groups excluding carboxylic acids is 1. The first kappa shape index (κ1) is 23.1. The molecule has 1 aliphatic rings. The number of hydrogen-bond donors (Lipinski definition) is 1. The smallest absolute Gasteiger partial charge is 0.337 e. The van der Waals surface area contributed by atoms with E-state index in [9.17, 15) is 4.79 Å². The fourth-order valence-electron chi connectivity index (χ4n) is 5.23. The molecule has 178 valence electrons. The van der Waals surface area contributed by atoms with Gasteiger partial charge < -0.3 is 14.8 Å². The van der Waals surface area contributed by atoms with E-state index < -0.39 is 0 Å². The van der Waals surface area contributed by atoms with Crippen molar-refractivity contribution in [1.82, 2.24) is 5.32 Å². The van der Waals surface area contributed by atoms with Crippen LogP contribution in [0, 0.1) is 6.92 Å². The molecule has 1 aliphatic heterocycles. The largest absolute Gasteiger partial charge is 0.489 e. The van der Waals surface area contributed by atoms with Crippen molar-refractivity contribution in [3.8, 4) is 5.75 Å². The molecule has 1 heterocycles. The van der Waals surface area contributed by atoms with Gasteiger partial charge in [0.15, 0.2) is 0 Å². The molecule has 4 aromatic rings. The summed E-state index contributed by atoms with van der Waals surface area (Å²) < 4.78 is 11.4. The van der Waals surface area contributed by atoms with Crippen LogP contribution in [-0.2, 0) is 4.74 Å². The number of ether oxygens (including phenoxy) is 2. The van der Waals surface area contributed by atoms with Crippen LogP contribution >= 0.6 is 0 Å². The Kier molecular flexibility index (Phi) is 6.56. The van der Waals surface area contributed by atoms with E-state index in [2.05, 4.69) is 66.8 Å². The summed E-state index contributed by atoms with van der Waals surface area (Å²) in [5.41, 5.74) is 5.20. The molecule has 4 nitrogen and oxygen atoms in total. The van der Waals surface area contributed by atoms with Crippen LogP contribution in [0.15, 0.2) is 84.9 Å². The first-order valence-corrected chi connectivity index (χ1v) is 12.2. The summed E-state index contributed by atoms with van der Waals surface area (Å²) in [6.45, 7) is 4.95. The number of esters is 1. The Balaban J connectivity index is 1.39. The third kappa shape index (κ3) is 4.80. The molecule has 35 heavy (non-hydrogen) atoms. The van der Waals surface area contributed by atoms with Gasteiger partial charge in [0.1, 0.15) is 11.9 Å². The number of carbonyl (C=O) groups is 1. The minimum Gasteiger partial charge on any atom is -0.489 e. The summed E-state index contributed by atoms with van der Waals surface area (Å²) in [6, 6.07) is 29.4. The molecule has 3 atom stereocenters.